The van der Waals surface area contributed by atoms with Gasteiger partial charge in [-0.1, -0.05) is 0 Å². The molecule has 124 valence electrons. The van der Waals surface area contributed by atoms with Crippen molar-refractivity contribution in [2.45, 2.75) is 18.9 Å². The maximum atomic E-state index is 14.4. The minimum Gasteiger partial charge on any atom is -0.382 e. The monoisotopic (exact) mass is 329 g/mol. The van der Waals surface area contributed by atoms with Crippen molar-refractivity contribution < 1.29 is 14.5 Å². The molecule has 0 amide bonds. The molecule has 1 atom stereocenters. The Balaban J connectivity index is 1.98. The van der Waals surface area contributed by atoms with Gasteiger partial charge < -0.3 is 16.0 Å². The SMILES string of the molecule is NC[C@@H](CNc1ccc(N2CCCSCCC2)c(F)c1)OO. The van der Waals surface area contributed by atoms with Crippen LogP contribution in [0.4, 0.5) is 15.8 Å². The summed E-state index contributed by atoms with van der Waals surface area (Å²) >= 11 is 1.97. The number of nitrogens with one attached hydrogen (secondary N) is 1. The van der Waals surface area contributed by atoms with Gasteiger partial charge in [-0.15, -0.1) is 0 Å². The molecule has 22 heavy (non-hydrogen) atoms. The second-order valence-electron chi connectivity index (χ2n) is 5.32. The molecule has 1 aromatic carbocycles. The van der Waals surface area contributed by atoms with E-state index in [1.165, 1.54) is 6.07 Å². The predicted octanol–water partition coefficient (Wildman–Crippen LogP) is 2.39. The fraction of sp³-hybridized carbons (Fsp3) is 0.600. The van der Waals surface area contributed by atoms with Gasteiger partial charge in [0.05, 0.1) is 5.69 Å². The average molecular weight is 329 g/mol. The largest absolute Gasteiger partial charge is 0.382 e. The first-order valence-electron chi connectivity index (χ1n) is 7.61. The molecular weight excluding hydrogens is 305 g/mol. The number of rotatable bonds is 6. The topological polar surface area (TPSA) is 70.8 Å². The number of hydrogen-bond acceptors (Lipinski definition) is 6. The van der Waals surface area contributed by atoms with Gasteiger partial charge in [0, 0.05) is 31.9 Å². The van der Waals surface area contributed by atoms with E-state index < -0.39 is 6.10 Å². The number of hydrogen-bond donors (Lipinski definition) is 3. The zero-order chi connectivity index (χ0) is 15.8. The number of halogens is 1. The molecule has 0 aromatic heterocycles. The van der Waals surface area contributed by atoms with Gasteiger partial charge in [0.25, 0.3) is 0 Å². The van der Waals surface area contributed by atoms with Crippen molar-refractivity contribution in [3.05, 3.63) is 24.0 Å². The van der Waals surface area contributed by atoms with Crippen LogP contribution >= 0.6 is 11.8 Å². The van der Waals surface area contributed by atoms with E-state index in [-0.39, 0.29) is 12.4 Å². The molecule has 0 spiro atoms. The van der Waals surface area contributed by atoms with Crippen LogP contribution in [0, 0.1) is 5.82 Å². The van der Waals surface area contributed by atoms with Gasteiger partial charge in [0.2, 0.25) is 0 Å². The number of nitrogens with zero attached hydrogens (tertiary/aromatic N) is 1. The molecule has 5 nitrogen and oxygen atoms in total. The second kappa shape index (κ2) is 9.19. The number of benzene rings is 1. The predicted molar refractivity (Wildman–Crippen MR) is 90.2 cm³/mol. The highest BCUT2D eigenvalue weighted by Crippen LogP contribution is 2.25. The van der Waals surface area contributed by atoms with Gasteiger partial charge in [-0.2, -0.15) is 11.8 Å². The van der Waals surface area contributed by atoms with Crippen molar-refractivity contribution in [3.63, 3.8) is 0 Å². The Morgan fingerprint density at radius 2 is 2.09 bits per heavy atom. The molecule has 1 fully saturated rings. The van der Waals surface area contributed by atoms with Gasteiger partial charge in [0.15, 0.2) is 0 Å². The van der Waals surface area contributed by atoms with Gasteiger partial charge >= 0.3 is 0 Å². The average Bonchev–Trinajstić information content (AvgIpc) is 2.49. The van der Waals surface area contributed by atoms with Crippen LogP contribution in [0.1, 0.15) is 12.8 Å². The van der Waals surface area contributed by atoms with Crippen molar-refractivity contribution in [1.29, 1.82) is 0 Å². The number of anilines is 2. The molecule has 1 aliphatic rings. The third-order valence-corrected chi connectivity index (χ3v) is 4.82. The van der Waals surface area contributed by atoms with Crippen molar-refractivity contribution in [2.75, 3.05) is 47.9 Å². The van der Waals surface area contributed by atoms with Crippen LogP contribution in [0.25, 0.3) is 0 Å². The van der Waals surface area contributed by atoms with E-state index in [2.05, 4.69) is 15.1 Å². The fourth-order valence-electron chi connectivity index (χ4n) is 2.44. The van der Waals surface area contributed by atoms with Gasteiger partial charge in [-0.25, -0.2) is 9.28 Å². The first-order valence-corrected chi connectivity index (χ1v) is 8.76. The maximum absolute atomic E-state index is 14.4. The van der Waals surface area contributed by atoms with Crippen LogP contribution in [0.5, 0.6) is 0 Å². The highest BCUT2D eigenvalue weighted by atomic mass is 32.2. The molecule has 1 heterocycles. The molecule has 0 aliphatic carbocycles. The summed E-state index contributed by atoms with van der Waals surface area (Å²) in [6.45, 7) is 2.30. The van der Waals surface area contributed by atoms with Crippen molar-refractivity contribution in [2.24, 2.45) is 5.73 Å². The lowest BCUT2D eigenvalue weighted by atomic mass is 10.2. The zero-order valence-electron chi connectivity index (χ0n) is 12.6. The smallest absolute Gasteiger partial charge is 0.148 e. The molecule has 0 unspecified atom stereocenters. The van der Waals surface area contributed by atoms with E-state index >= 15 is 0 Å². The third kappa shape index (κ3) is 5.01. The normalized spacial score (nSPS) is 17.7. The van der Waals surface area contributed by atoms with E-state index in [0.717, 1.165) is 37.4 Å². The summed E-state index contributed by atoms with van der Waals surface area (Å²) < 4.78 is 14.4. The number of thioether (sulfide) groups is 1. The summed E-state index contributed by atoms with van der Waals surface area (Å²) in [7, 11) is 0. The fourth-order valence-corrected chi connectivity index (χ4v) is 3.31. The van der Waals surface area contributed by atoms with Crippen LogP contribution in [0.3, 0.4) is 0 Å². The van der Waals surface area contributed by atoms with E-state index in [1.54, 1.807) is 0 Å². The Morgan fingerprint density at radius 3 is 2.68 bits per heavy atom. The molecule has 0 radical (unpaired) electrons. The minimum atomic E-state index is -0.505. The first-order chi connectivity index (χ1) is 10.7. The minimum absolute atomic E-state index is 0.190. The summed E-state index contributed by atoms with van der Waals surface area (Å²) in [5.41, 5.74) is 6.73. The van der Waals surface area contributed by atoms with E-state index in [4.69, 9.17) is 11.0 Å². The highest BCUT2D eigenvalue weighted by molar-refractivity contribution is 7.99. The molecular formula is C15H24FN3O2S. The Labute approximate surface area is 134 Å². The lowest BCUT2D eigenvalue weighted by Gasteiger charge is -2.27. The van der Waals surface area contributed by atoms with Crippen LogP contribution in [-0.2, 0) is 4.89 Å². The van der Waals surface area contributed by atoms with Gasteiger partial charge in [-0.05, 0) is 42.5 Å². The summed E-state index contributed by atoms with van der Waals surface area (Å²) in [5, 5.41) is 11.6. The lowest BCUT2D eigenvalue weighted by Crippen LogP contribution is -2.30. The van der Waals surface area contributed by atoms with Crippen LogP contribution < -0.4 is 16.0 Å². The van der Waals surface area contributed by atoms with Crippen LogP contribution in [-0.4, -0.2) is 49.0 Å². The van der Waals surface area contributed by atoms with Crippen molar-refractivity contribution in [1.82, 2.24) is 0 Å². The maximum Gasteiger partial charge on any atom is 0.148 e. The second-order valence-corrected chi connectivity index (χ2v) is 6.54. The first kappa shape index (κ1) is 17.3. The molecule has 7 heteroatoms. The Hall–Kier alpha value is -1.02. The molecule has 2 rings (SSSR count). The van der Waals surface area contributed by atoms with E-state index in [9.17, 15) is 4.39 Å². The highest BCUT2D eigenvalue weighted by Gasteiger charge is 2.14. The summed E-state index contributed by atoms with van der Waals surface area (Å²) in [5.74, 6) is 2.05. The van der Waals surface area contributed by atoms with Crippen molar-refractivity contribution in [3.8, 4) is 0 Å². The molecule has 1 aromatic rings. The van der Waals surface area contributed by atoms with E-state index in [0.29, 0.717) is 17.9 Å². The Kier molecular flexibility index (Phi) is 7.24. The zero-order valence-corrected chi connectivity index (χ0v) is 13.4. The molecule has 1 saturated heterocycles. The van der Waals surface area contributed by atoms with Gasteiger partial charge in [0.1, 0.15) is 11.9 Å². The molecule has 1 aliphatic heterocycles. The Morgan fingerprint density at radius 1 is 1.36 bits per heavy atom. The summed E-state index contributed by atoms with van der Waals surface area (Å²) in [6, 6.07) is 5.13. The van der Waals surface area contributed by atoms with Crippen LogP contribution in [0.15, 0.2) is 18.2 Å². The molecule has 0 bridgehead atoms. The summed E-state index contributed by atoms with van der Waals surface area (Å²) in [4.78, 5) is 6.33. The van der Waals surface area contributed by atoms with E-state index in [1.807, 2.05) is 23.9 Å². The lowest BCUT2D eigenvalue weighted by molar-refractivity contribution is -0.271. The van der Waals surface area contributed by atoms with Crippen LogP contribution in [0.2, 0.25) is 0 Å². The molecule has 0 saturated carbocycles. The standard InChI is InChI=1S/C15H24FN3O2S/c16-14-9-12(18-11-13(10-17)21-20)3-4-15(14)19-5-1-7-22-8-2-6-19/h3-4,9,13,18,20H,1-2,5-8,10-11,17H2/t13-/m0/s1. The number of nitrogens with two attached hydrogens (primary N) is 1. The van der Waals surface area contributed by atoms with Crippen molar-refractivity contribution >= 4 is 23.1 Å². The molecule has 4 N–H and O–H groups in total. The Bertz CT molecular complexity index is 452. The third-order valence-electron chi connectivity index (χ3n) is 3.67. The van der Waals surface area contributed by atoms with Gasteiger partial charge in [-0.3, -0.25) is 5.26 Å². The quantitative estimate of drug-likeness (QED) is 0.550. The summed E-state index contributed by atoms with van der Waals surface area (Å²) in [6.07, 6.45) is 1.65.